The summed E-state index contributed by atoms with van der Waals surface area (Å²) in [5.74, 6) is 0. The molecule has 1 rings (SSSR count). The maximum atomic E-state index is 4.14. The average molecular weight is 203 g/mol. The Balaban J connectivity index is 3.01. The molecule has 1 heterocycles. The smallest absolute Gasteiger partial charge is 0.177 e. The molecule has 0 spiro atoms. The number of imidazole rings is 1. The Morgan fingerprint density at radius 3 is 2.70 bits per heavy atom. The highest BCUT2D eigenvalue weighted by Gasteiger charge is 2.01. The molecule has 0 N–H and O–H groups in total. The highest BCUT2D eigenvalue weighted by molar-refractivity contribution is 9.10. The first-order chi connectivity index (χ1) is 4.79. The SMILES string of the molecule is CCc1cnc(Br)n1CC. The number of hydrogen-bond donors (Lipinski definition) is 0. The van der Waals surface area contributed by atoms with Crippen LogP contribution in [0.25, 0.3) is 0 Å². The van der Waals surface area contributed by atoms with Gasteiger partial charge in [0.05, 0.1) is 0 Å². The molecule has 10 heavy (non-hydrogen) atoms. The molecule has 0 aromatic carbocycles. The Hall–Kier alpha value is -0.310. The highest BCUT2D eigenvalue weighted by atomic mass is 79.9. The summed E-state index contributed by atoms with van der Waals surface area (Å²) in [5, 5.41) is 0. The Morgan fingerprint density at radius 1 is 1.60 bits per heavy atom. The Bertz CT molecular complexity index is 217. The molecule has 0 unspecified atom stereocenters. The lowest BCUT2D eigenvalue weighted by atomic mass is 10.4. The minimum atomic E-state index is 0.937. The van der Waals surface area contributed by atoms with Crippen molar-refractivity contribution in [3.63, 3.8) is 0 Å². The zero-order chi connectivity index (χ0) is 7.56. The molecular formula is C7H11BrN2. The van der Waals surface area contributed by atoms with Crippen molar-refractivity contribution in [1.29, 1.82) is 0 Å². The van der Waals surface area contributed by atoms with Crippen molar-refractivity contribution in [3.05, 3.63) is 16.6 Å². The second-order valence-corrected chi connectivity index (χ2v) is 2.83. The van der Waals surface area contributed by atoms with Crippen LogP contribution in [0.1, 0.15) is 19.5 Å². The molecular weight excluding hydrogens is 192 g/mol. The quantitative estimate of drug-likeness (QED) is 0.720. The van der Waals surface area contributed by atoms with E-state index in [1.54, 1.807) is 0 Å². The van der Waals surface area contributed by atoms with E-state index >= 15 is 0 Å². The molecule has 0 bridgehead atoms. The van der Waals surface area contributed by atoms with Gasteiger partial charge in [-0.2, -0.15) is 0 Å². The molecule has 0 saturated heterocycles. The van der Waals surface area contributed by atoms with Crippen LogP contribution in [0.2, 0.25) is 0 Å². The number of aryl methyl sites for hydroxylation is 1. The van der Waals surface area contributed by atoms with Crippen LogP contribution in [0.15, 0.2) is 10.9 Å². The normalized spacial score (nSPS) is 10.3. The third-order valence-corrected chi connectivity index (χ3v) is 2.20. The van der Waals surface area contributed by atoms with E-state index in [4.69, 9.17) is 0 Å². The first-order valence-electron chi connectivity index (χ1n) is 3.49. The van der Waals surface area contributed by atoms with Gasteiger partial charge in [0.1, 0.15) is 0 Å². The zero-order valence-electron chi connectivity index (χ0n) is 6.26. The third kappa shape index (κ3) is 1.24. The van der Waals surface area contributed by atoms with Crippen molar-refractivity contribution in [3.8, 4) is 0 Å². The van der Waals surface area contributed by atoms with Crippen LogP contribution in [0.5, 0.6) is 0 Å². The Morgan fingerprint density at radius 2 is 2.30 bits per heavy atom. The van der Waals surface area contributed by atoms with Gasteiger partial charge in [0.25, 0.3) is 0 Å². The predicted octanol–water partition coefficient (Wildman–Crippen LogP) is 2.23. The van der Waals surface area contributed by atoms with Crippen LogP contribution in [-0.2, 0) is 13.0 Å². The predicted molar refractivity (Wildman–Crippen MR) is 45.0 cm³/mol. The number of rotatable bonds is 2. The maximum absolute atomic E-state index is 4.14. The summed E-state index contributed by atoms with van der Waals surface area (Å²) in [5.41, 5.74) is 1.29. The first kappa shape index (κ1) is 7.79. The summed E-state index contributed by atoms with van der Waals surface area (Å²) in [7, 11) is 0. The monoisotopic (exact) mass is 202 g/mol. The first-order valence-corrected chi connectivity index (χ1v) is 4.28. The summed E-state index contributed by atoms with van der Waals surface area (Å²) < 4.78 is 3.09. The molecule has 1 aromatic heterocycles. The van der Waals surface area contributed by atoms with Crippen LogP contribution < -0.4 is 0 Å². The number of halogens is 1. The standard InChI is InChI=1S/C7H11BrN2/c1-3-6-5-9-7(8)10(6)4-2/h5H,3-4H2,1-2H3. The van der Waals surface area contributed by atoms with Gasteiger partial charge in [-0.3, -0.25) is 0 Å². The van der Waals surface area contributed by atoms with Crippen LogP contribution >= 0.6 is 15.9 Å². The van der Waals surface area contributed by atoms with E-state index < -0.39 is 0 Å². The fraction of sp³-hybridized carbons (Fsp3) is 0.571. The number of aromatic nitrogens is 2. The maximum Gasteiger partial charge on any atom is 0.177 e. The summed E-state index contributed by atoms with van der Waals surface area (Å²) in [6.07, 6.45) is 2.96. The van der Waals surface area contributed by atoms with Crippen molar-refractivity contribution >= 4 is 15.9 Å². The summed E-state index contributed by atoms with van der Waals surface area (Å²) in [6, 6.07) is 0. The van der Waals surface area contributed by atoms with E-state index in [2.05, 4.69) is 39.3 Å². The summed E-state index contributed by atoms with van der Waals surface area (Å²) in [6.45, 7) is 5.24. The molecule has 0 amide bonds. The van der Waals surface area contributed by atoms with Crippen molar-refractivity contribution < 1.29 is 0 Å². The van der Waals surface area contributed by atoms with E-state index in [1.807, 2.05) is 6.20 Å². The third-order valence-electron chi connectivity index (χ3n) is 1.57. The molecule has 0 atom stereocenters. The summed E-state index contributed by atoms with van der Waals surface area (Å²) >= 11 is 3.37. The van der Waals surface area contributed by atoms with Gasteiger partial charge >= 0.3 is 0 Å². The highest BCUT2D eigenvalue weighted by Crippen LogP contribution is 2.11. The minimum Gasteiger partial charge on any atom is -0.323 e. The van der Waals surface area contributed by atoms with Gasteiger partial charge in [0.2, 0.25) is 0 Å². The molecule has 0 saturated carbocycles. The summed E-state index contributed by atoms with van der Waals surface area (Å²) in [4.78, 5) is 4.14. The molecule has 0 aliphatic rings. The molecule has 56 valence electrons. The number of hydrogen-bond acceptors (Lipinski definition) is 1. The molecule has 0 aliphatic carbocycles. The van der Waals surface area contributed by atoms with E-state index in [0.717, 1.165) is 17.7 Å². The van der Waals surface area contributed by atoms with Gasteiger partial charge in [-0.1, -0.05) is 6.92 Å². The van der Waals surface area contributed by atoms with Crippen LogP contribution in [0, 0.1) is 0 Å². The fourth-order valence-corrected chi connectivity index (χ4v) is 1.58. The lowest BCUT2D eigenvalue weighted by Crippen LogP contribution is -1.98. The number of nitrogens with zero attached hydrogens (tertiary/aromatic N) is 2. The lowest BCUT2D eigenvalue weighted by molar-refractivity contribution is 0.700. The largest absolute Gasteiger partial charge is 0.323 e. The lowest BCUT2D eigenvalue weighted by Gasteiger charge is -2.02. The topological polar surface area (TPSA) is 17.8 Å². The molecule has 0 aliphatic heterocycles. The minimum absolute atomic E-state index is 0.937. The van der Waals surface area contributed by atoms with Crippen LogP contribution in [0.4, 0.5) is 0 Å². The van der Waals surface area contributed by atoms with E-state index in [-0.39, 0.29) is 0 Å². The van der Waals surface area contributed by atoms with Gasteiger partial charge in [-0.15, -0.1) is 0 Å². The van der Waals surface area contributed by atoms with Crippen LogP contribution in [-0.4, -0.2) is 9.55 Å². The molecule has 1 aromatic rings. The van der Waals surface area contributed by atoms with Gasteiger partial charge in [0, 0.05) is 18.4 Å². The average Bonchev–Trinajstić information content (AvgIpc) is 2.30. The van der Waals surface area contributed by atoms with E-state index in [9.17, 15) is 0 Å². The second-order valence-electron chi connectivity index (χ2n) is 2.12. The van der Waals surface area contributed by atoms with E-state index in [0.29, 0.717) is 0 Å². The molecule has 3 heteroatoms. The van der Waals surface area contributed by atoms with Gasteiger partial charge < -0.3 is 4.57 Å². The van der Waals surface area contributed by atoms with Crippen LogP contribution in [0.3, 0.4) is 0 Å². The fourth-order valence-electron chi connectivity index (χ4n) is 1.00. The van der Waals surface area contributed by atoms with Gasteiger partial charge in [-0.25, -0.2) is 4.98 Å². The molecule has 2 nitrogen and oxygen atoms in total. The molecule has 0 radical (unpaired) electrons. The van der Waals surface area contributed by atoms with Crippen molar-refractivity contribution in [1.82, 2.24) is 9.55 Å². The van der Waals surface area contributed by atoms with E-state index in [1.165, 1.54) is 5.69 Å². The Kier molecular flexibility index (Phi) is 2.49. The zero-order valence-corrected chi connectivity index (χ0v) is 7.85. The molecule has 0 fully saturated rings. The van der Waals surface area contributed by atoms with Gasteiger partial charge in [0.15, 0.2) is 4.73 Å². The Labute approximate surface area is 69.4 Å². The second kappa shape index (κ2) is 3.19. The van der Waals surface area contributed by atoms with Crippen molar-refractivity contribution in [2.45, 2.75) is 26.8 Å². The van der Waals surface area contributed by atoms with Gasteiger partial charge in [-0.05, 0) is 29.3 Å². The van der Waals surface area contributed by atoms with Crippen molar-refractivity contribution in [2.24, 2.45) is 0 Å². The van der Waals surface area contributed by atoms with Crippen molar-refractivity contribution in [2.75, 3.05) is 0 Å².